The molecule has 0 aliphatic heterocycles. The van der Waals surface area contributed by atoms with Gasteiger partial charge in [-0.2, -0.15) is 0 Å². The Morgan fingerprint density at radius 2 is 2.00 bits per heavy atom. The third kappa shape index (κ3) is 4.24. The lowest BCUT2D eigenvalue weighted by Crippen LogP contribution is -2.34. The summed E-state index contributed by atoms with van der Waals surface area (Å²) in [7, 11) is 0. The fourth-order valence-corrected chi connectivity index (χ4v) is 1.92. The van der Waals surface area contributed by atoms with E-state index in [1.54, 1.807) is 4.90 Å². The predicted octanol–water partition coefficient (Wildman–Crippen LogP) is 2.26. The zero-order valence-corrected chi connectivity index (χ0v) is 12.3. The van der Waals surface area contributed by atoms with E-state index in [2.05, 4.69) is 0 Å². The van der Waals surface area contributed by atoms with Gasteiger partial charge in [-0.3, -0.25) is 4.79 Å². The zero-order chi connectivity index (χ0) is 14.4. The van der Waals surface area contributed by atoms with Crippen molar-refractivity contribution >= 4 is 5.91 Å². The van der Waals surface area contributed by atoms with Crippen LogP contribution in [0.4, 0.5) is 0 Å². The minimum absolute atomic E-state index is 0.00468. The minimum atomic E-state index is 0.00468. The molecule has 0 radical (unpaired) electrons. The Bertz CT molecular complexity index is 426. The minimum Gasteiger partial charge on any atom is -0.484 e. The monoisotopic (exact) mass is 264 g/mol. The lowest BCUT2D eigenvalue weighted by atomic mass is 10.1. The molecule has 4 nitrogen and oxygen atoms in total. The molecule has 0 aliphatic carbocycles. The van der Waals surface area contributed by atoms with E-state index >= 15 is 0 Å². The molecule has 0 fully saturated rings. The molecule has 106 valence electrons. The van der Waals surface area contributed by atoms with Crippen LogP contribution in [0.15, 0.2) is 18.2 Å². The van der Waals surface area contributed by atoms with Gasteiger partial charge in [-0.1, -0.05) is 12.1 Å². The summed E-state index contributed by atoms with van der Waals surface area (Å²) < 4.78 is 5.59. The summed E-state index contributed by atoms with van der Waals surface area (Å²) in [5, 5.41) is 0. The van der Waals surface area contributed by atoms with E-state index in [9.17, 15) is 4.79 Å². The molecule has 1 aromatic carbocycles. The zero-order valence-electron chi connectivity index (χ0n) is 12.3. The number of likely N-dealkylation sites (N-methyl/N-ethyl adjacent to an activating group) is 1. The Balaban J connectivity index is 2.66. The van der Waals surface area contributed by atoms with E-state index in [-0.39, 0.29) is 18.6 Å². The summed E-state index contributed by atoms with van der Waals surface area (Å²) in [6.45, 7) is 9.33. The van der Waals surface area contributed by atoms with Crippen LogP contribution in [0.3, 0.4) is 0 Å². The second-order valence-electron chi connectivity index (χ2n) is 4.67. The maximum absolute atomic E-state index is 11.8. The molecule has 0 spiro atoms. The number of carbonyl (C=O) groups is 1. The number of nitrogens with two attached hydrogens (primary N) is 1. The van der Waals surface area contributed by atoms with Crippen molar-refractivity contribution in [3.8, 4) is 5.75 Å². The van der Waals surface area contributed by atoms with Gasteiger partial charge in [-0.05, 0) is 44.9 Å². The predicted molar refractivity (Wildman–Crippen MR) is 77.2 cm³/mol. The van der Waals surface area contributed by atoms with Crippen LogP contribution in [-0.4, -0.2) is 30.5 Å². The molecule has 1 rings (SSSR count). The van der Waals surface area contributed by atoms with Crippen molar-refractivity contribution in [2.45, 2.75) is 33.7 Å². The Labute approximate surface area is 115 Å². The second kappa shape index (κ2) is 7.14. The molecule has 0 aromatic heterocycles. The highest BCUT2D eigenvalue weighted by Crippen LogP contribution is 2.21. The maximum atomic E-state index is 11.8. The van der Waals surface area contributed by atoms with Gasteiger partial charge in [-0.15, -0.1) is 0 Å². The van der Waals surface area contributed by atoms with Crippen molar-refractivity contribution in [2.75, 3.05) is 19.7 Å². The SMILES string of the molecule is CCN(CC)C(=O)COc1ccc([C@H](C)N)cc1C. The number of hydrogen-bond acceptors (Lipinski definition) is 3. The number of carbonyl (C=O) groups excluding carboxylic acids is 1. The molecule has 0 unspecified atom stereocenters. The molecule has 0 saturated carbocycles. The van der Waals surface area contributed by atoms with E-state index < -0.39 is 0 Å². The molecule has 19 heavy (non-hydrogen) atoms. The number of rotatable bonds is 6. The van der Waals surface area contributed by atoms with Crippen molar-refractivity contribution in [3.05, 3.63) is 29.3 Å². The van der Waals surface area contributed by atoms with Crippen LogP contribution >= 0.6 is 0 Å². The number of amides is 1. The van der Waals surface area contributed by atoms with Gasteiger partial charge in [0.15, 0.2) is 6.61 Å². The first-order valence-electron chi connectivity index (χ1n) is 6.76. The van der Waals surface area contributed by atoms with Crippen LogP contribution in [-0.2, 0) is 4.79 Å². The van der Waals surface area contributed by atoms with Crippen molar-refractivity contribution in [1.29, 1.82) is 0 Å². The molecule has 4 heteroatoms. The number of ether oxygens (including phenoxy) is 1. The van der Waals surface area contributed by atoms with Crippen LogP contribution in [0, 0.1) is 6.92 Å². The molecule has 0 heterocycles. The van der Waals surface area contributed by atoms with Crippen LogP contribution in [0.1, 0.15) is 37.9 Å². The van der Waals surface area contributed by atoms with Gasteiger partial charge in [-0.25, -0.2) is 0 Å². The molecule has 0 saturated heterocycles. The summed E-state index contributed by atoms with van der Waals surface area (Å²) >= 11 is 0. The van der Waals surface area contributed by atoms with E-state index in [0.29, 0.717) is 13.1 Å². The van der Waals surface area contributed by atoms with Crippen molar-refractivity contribution in [2.24, 2.45) is 5.73 Å². The van der Waals surface area contributed by atoms with Gasteiger partial charge in [0.2, 0.25) is 0 Å². The molecule has 1 amide bonds. The lowest BCUT2D eigenvalue weighted by Gasteiger charge is -2.19. The van der Waals surface area contributed by atoms with Crippen LogP contribution in [0.25, 0.3) is 0 Å². The molecule has 0 aliphatic rings. The van der Waals surface area contributed by atoms with Gasteiger partial charge in [0, 0.05) is 19.1 Å². The molecule has 1 aromatic rings. The normalized spacial score (nSPS) is 12.1. The van der Waals surface area contributed by atoms with E-state index in [0.717, 1.165) is 16.9 Å². The number of nitrogens with zero attached hydrogens (tertiary/aromatic N) is 1. The standard InChI is InChI=1S/C15H24N2O2/c1-5-17(6-2)15(18)10-19-14-8-7-13(12(4)16)9-11(14)3/h7-9,12H,5-6,10,16H2,1-4H3/t12-/m0/s1. The summed E-state index contributed by atoms with van der Waals surface area (Å²) in [5.74, 6) is 0.755. The molecule has 0 bridgehead atoms. The Morgan fingerprint density at radius 3 is 2.47 bits per heavy atom. The van der Waals surface area contributed by atoms with E-state index in [1.165, 1.54) is 0 Å². The highest BCUT2D eigenvalue weighted by Gasteiger charge is 2.11. The maximum Gasteiger partial charge on any atom is 0.260 e. The number of benzene rings is 1. The Morgan fingerprint density at radius 1 is 1.37 bits per heavy atom. The van der Waals surface area contributed by atoms with Gasteiger partial charge in [0.25, 0.3) is 5.91 Å². The molecular weight excluding hydrogens is 240 g/mol. The second-order valence-corrected chi connectivity index (χ2v) is 4.67. The summed E-state index contributed by atoms with van der Waals surface area (Å²) in [4.78, 5) is 13.6. The van der Waals surface area contributed by atoms with Gasteiger partial charge in [0.05, 0.1) is 0 Å². The first kappa shape index (κ1) is 15.5. The lowest BCUT2D eigenvalue weighted by molar-refractivity contribution is -0.132. The quantitative estimate of drug-likeness (QED) is 0.857. The average Bonchev–Trinajstić information content (AvgIpc) is 2.38. The smallest absolute Gasteiger partial charge is 0.260 e. The third-order valence-corrected chi connectivity index (χ3v) is 3.19. The van der Waals surface area contributed by atoms with Gasteiger partial charge >= 0.3 is 0 Å². The van der Waals surface area contributed by atoms with Crippen LogP contribution in [0.5, 0.6) is 5.75 Å². The molecule has 2 N–H and O–H groups in total. The fraction of sp³-hybridized carbons (Fsp3) is 0.533. The van der Waals surface area contributed by atoms with Crippen molar-refractivity contribution < 1.29 is 9.53 Å². The molecular formula is C15H24N2O2. The Kier molecular flexibility index (Phi) is 5.83. The van der Waals surface area contributed by atoms with Gasteiger partial charge in [0.1, 0.15) is 5.75 Å². The number of aryl methyl sites for hydroxylation is 1. The summed E-state index contributed by atoms with van der Waals surface area (Å²) in [6, 6.07) is 5.82. The summed E-state index contributed by atoms with van der Waals surface area (Å²) in [6.07, 6.45) is 0. The van der Waals surface area contributed by atoms with Crippen LogP contribution in [0.2, 0.25) is 0 Å². The first-order valence-corrected chi connectivity index (χ1v) is 6.76. The summed E-state index contributed by atoms with van der Waals surface area (Å²) in [5.41, 5.74) is 7.90. The van der Waals surface area contributed by atoms with E-state index in [1.807, 2.05) is 45.9 Å². The highest BCUT2D eigenvalue weighted by molar-refractivity contribution is 5.77. The van der Waals surface area contributed by atoms with E-state index in [4.69, 9.17) is 10.5 Å². The highest BCUT2D eigenvalue weighted by atomic mass is 16.5. The van der Waals surface area contributed by atoms with Crippen molar-refractivity contribution in [1.82, 2.24) is 4.90 Å². The van der Waals surface area contributed by atoms with Gasteiger partial charge < -0.3 is 15.4 Å². The first-order chi connectivity index (χ1) is 8.99. The fourth-order valence-electron chi connectivity index (χ4n) is 1.92. The Hall–Kier alpha value is -1.55. The number of hydrogen-bond donors (Lipinski definition) is 1. The average molecular weight is 264 g/mol. The largest absolute Gasteiger partial charge is 0.484 e. The van der Waals surface area contributed by atoms with Crippen LogP contribution < -0.4 is 10.5 Å². The topological polar surface area (TPSA) is 55.6 Å². The third-order valence-electron chi connectivity index (χ3n) is 3.19. The van der Waals surface area contributed by atoms with Crippen molar-refractivity contribution in [3.63, 3.8) is 0 Å². The molecule has 1 atom stereocenters.